The van der Waals surface area contributed by atoms with E-state index in [1.165, 1.54) is 0 Å². The van der Waals surface area contributed by atoms with E-state index in [9.17, 15) is 4.79 Å². The Kier molecular flexibility index (Phi) is 3.50. The van der Waals surface area contributed by atoms with Gasteiger partial charge in [0, 0.05) is 12.7 Å². The number of nitrogens with zero attached hydrogens (tertiary/aromatic N) is 3. The molecule has 0 saturated heterocycles. The maximum Gasteiger partial charge on any atom is 0.277 e. The fraction of sp³-hybridized carbons (Fsp3) is 0.308. The third-order valence-electron chi connectivity index (χ3n) is 2.93. The van der Waals surface area contributed by atoms with Gasteiger partial charge in [0.1, 0.15) is 11.5 Å². The van der Waals surface area contributed by atoms with E-state index in [1.807, 2.05) is 26.0 Å². The summed E-state index contributed by atoms with van der Waals surface area (Å²) in [4.78, 5) is 16.4. The number of hydrogen-bond acceptors (Lipinski definition) is 4. The number of carbonyl (C=O) groups is 1. The number of nitrogens with two attached hydrogens (primary N) is 1. The lowest BCUT2D eigenvalue weighted by atomic mass is 10.2. The molecule has 19 heavy (non-hydrogen) atoms. The molecule has 2 aromatic heterocycles. The second kappa shape index (κ2) is 5.09. The molecule has 0 aliphatic heterocycles. The predicted molar refractivity (Wildman–Crippen MR) is 74.0 cm³/mol. The summed E-state index contributed by atoms with van der Waals surface area (Å²) in [5.41, 5.74) is 8.25. The molecular weight excluding hydrogens is 242 g/mol. The van der Waals surface area contributed by atoms with Crippen molar-refractivity contribution in [1.29, 1.82) is 0 Å². The quantitative estimate of drug-likeness (QED) is 0.879. The second-order valence-corrected chi connectivity index (χ2v) is 4.29. The molecule has 2 aromatic rings. The lowest BCUT2D eigenvalue weighted by molar-refractivity contribution is 0.101. The number of pyridine rings is 1. The van der Waals surface area contributed by atoms with E-state index in [1.54, 1.807) is 17.8 Å². The summed E-state index contributed by atoms with van der Waals surface area (Å²) < 4.78 is 1.60. The van der Waals surface area contributed by atoms with Crippen LogP contribution in [0.1, 0.15) is 28.7 Å². The van der Waals surface area contributed by atoms with Crippen molar-refractivity contribution in [2.45, 2.75) is 27.3 Å². The molecule has 100 valence electrons. The zero-order valence-corrected chi connectivity index (χ0v) is 11.3. The minimum absolute atomic E-state index is 0.290. The Bertz CT molecular complexity index is 617. The highest BCUT2D eigenvalue weighted by Gasteiger charge is 2.19. The maximum absolute atomic E-state index is 12.3. The fourth-order valence-electron chi connectivity index (χ4n) is 1.85. The number of aromatic nitrogens is 3. The van der Waals surface area contributed by atoms with Crippen LogP contribution < -0.4 is 11.1 Å². The number of hydrogen-bond donors (Lipinski definition) is 2. The van der Waals surface area contributed by atoms with Gasteiger partial charge in [-0.05, 0) is 32.4 Å². The Morgan fingerprint density at radius 1 is 1.47 bits per heavy atom. The van der Waals surface area contributed by atoms with Crippen molar-refractivity contribution in [3.63, 3.8) is 0 Å². The molecule has 0 aliphatic carbocycles. The largest absolute Gasteiger partial charge is 0.395 e. The van der Waals surface area contributed by atoms with Gasteiger partial charge in [-0.25, -0.2) is 4.98 Å². The smallest absolute Gasteiger partial charge is 0.277 e. The highest BCUT2D eigenvalue weighted by Crippen LogP contribution is 2.18. The van der Waals surface area contributed by atoms with Gasteiger partial charge in [-0.3, -0.25) is 9.48 Å². The average molecular weight is 259 g/mol. The lowest BCUT2D eigenvalue weighted by Crippen LogP contribution is -2.19. The van der Waals surface area contributed by atoms with Gasteiger partial charge >= 0.3 is 0 Å². The SMILES string of the molecule is CCn1nc(C)c(N)c1C(=O)Nc1ncccc1C. The van der Waals surface area contributed by atoms with Gasteiger partial charge in [0.25, 0.3) is 5.91 Å². The van der Waals surface area contributed by atoms with Crippen LogP contribution in [0.4, 0.5) is 11.5 Å². The topological polar surface area (TPSA) is 85.8 Å². The van der Waals surface area contributed by atoms with Gasteiger partial charge in [0.05, 0.1) is 11.4 Å². The van der Waals surface area contributed by atoms with Crippen LogP contribution in [0, 0.1) is 13.8 Å². The summed E-state index contributed by atoms with van der Waals surface area (Å²) in [5.74, 6) is 0.246. The van der Waals surface area contributed by atoms with Crippen molar-refractivity contribution in [3.8, 4) is 0 Å². The number of anilines is 2. The fourth-order valence-corrected chi connectivity index (χ4v) is 1.85. The highest BCUT2D eigenvalue weighted by molar-refractivity contribution is 6.06. The molecular formula is C13H17N5O. The highest BCUT2D eigenvalue weighted by atomic mass is 16.2. The minimum atomic E-state index is -0.290. The molecule has 6 nitrogen and oxygen atoms in total. The number of carbonyl (C=O) groups excluding carboxylic acids is 1. The Hall–Kier alpha value is -2.37. The van der Waals surface area contributed by atoms with Crippen LogP contribution in [0.25, 0.3) is 0 Å². The van der Waals surface area contributed by atoms with Crippen molar-refractivity contribution in [2.75, 3.05) is 11.1 Å². The summed E-state index contributed by atoms with van der Waals surface area (Å²) in [6, 6.07) is 3.70. The van der Waals surface area contributed by atoms with Gasteiger partial charge in [-0.15, -0.1) is 0 Å². The van der Waals surface area contributed by atoms with Crippen LogP contribution in [-0.4, -0.2) is 20.7 Å². The molecule has 6 heteroatoms. The number of nitrogen functional groups attached to an aromatic ring is 1. The average Bonchev–Trinajstić information content (AvgIpc) is 2.68. The van der Waals surface area contributed by atoms with Crippen molar-refractivity contribution in [1.82, 2.24) is 14.8 Å². The minimum Gasteiger partial charge on any atom is -0.395 e. The van der Waals surface area contributed by atoms with E-state index in [4.69, 9.17) is 5.73 Å². The lowest BCUT2D eigenvalue weighted by Gasteiger charge is -2.08. The Morgan fingerprint density at radius 3 is 2.84 bits per heavy atom. The van der Waals surface area contributed by atoms with E-state index >= 15 is 0 Å². The third-order valence-corrected chi connectivity index (χ3v) is 2.93. The zero-order valence-electron chi connectivity index (χ0n) is 11.3. The van der Waals surface area contributed by atoms with Gasteiger partial charge < -0.3 is 11.1 Å². The third kappa shape index (κ3) is 2.42. The molecule has 2 heterocycles. The molecule has 0 saturated carbocycles. The first kappa shape index (κ1) is 13.1. The van der Waals surface area contributed by atoms with Crippen molar-refractivity contribution < 1.29 is 4.79 Å². The van der Waals surface area contributed by atoms with E-state index < -0.39 is 0 Å². The number of rotatable bonds is 3. The molecule has 0 unspecified atom stereocenters. The Morgan fingerprint density at radius 2 is 2.21 bits per heavy atom. The van der Waals surface area contributed by atoms with Crippen LogP contribution >= 0.6 is 0 Å². The van der Waals surface area contributed by atoms with Crippen LogP contribution in [0.5, 0.6) is 0 Å². The van der Waals surface area contributed by atoms with Gasteiger partial charge in [0.2, 0.25) is 0 Å². The molecule has 2 rings (SSSR count). The molecule has 0 bridgehead atoms. The number of nitrogens with one attached hydrogen (secondary N) is 1. The molecule has 0 atom stereocenters. The Balaban J connectivity index is 2.33. The molecule has 0 fully saturated rings. The zero-order chi connectivity index (χ0) is 14.0. The number of amides is 1. The molecule has 0 spiro atoms. The van der Waals surface area contributed by atoms with Crippen molar-refractivity contribution >= 4 is 17.4 Å². The van der Waals surface area contributed by atoms with Crippen LogP contribution in [0.2, 0.25) is 0 Å². The number of aryl methyl sites for hydroxylation is 3. The van der Waals surface area contributed by atoms with Gasteiger partial charge in [0.15, 0.2) is 0 Å². The van der Waals surface area contributed by atoms with Gasteiger partial charge in [-0.1, -0.05) is 6.07 Å². The monoisotopic (exact) mass is 259 g/mol. The summed E-state index contributed by atoms with van der Waals surface area (Å²) in [6.45, 7) is 6.16. The first-order valence-corrected chi connectivity index (χ1v) is 6.10. The standard InChI is InChI=1S/C13H17N5O/c1-4-18-11(10(14)9(3)17-18)13(19)16-12-8(2)6-5-7-15-12/h5-7H,4,14H2,1-3H3,(H,15,16,19). The van der Waals surface area contributed by atoms with Crippen LogP contribution in [0.3, 0.4) is 0 Å². The van der Waals surface area contributed by atoms with Crippen LogP contribution in [-0.2, 0) is 6.54 Å². The first-order valence-electron chi connectivity index (χ1n) is 6.10. The Labute approximate surface area is 111 Å². The molecule has 1 amide bonds. The summed E-state index contributed by atoms with van der Waals surface area (Å²) in [7, 11) is 0. The van der Waals surface area contributed by atoms with E-state index in [0.29, 0.717) is 29.4 Å². The van der Waals surface area contributed by atoms with Crippen molar-refractivity contribution in [3.05, 3.63) is 35.3 Å². The van der Waals surface area contributed by atoms with Crippen molar-refractivity contribution in [2.24, 2.45) is 0 Å². The summed E-state index contributed by atoms with van der Waals surface area (Å²) in [5, 5.41) is 6.99. The molecule has 3 N–H and O–H groups in total. The van der Waals surface area contributed by atoms with E-state index in [2.05, 4.69) is 15.4 Å². The first-order chi connectivity index (χ1) is 9.04. The van der Waals surface area contributed by atoms with E-state index in [0.717, 1.165) is 5.56 Å². The summed E-state index contributed by atoms with van der Waals surface area (Å²) >= 11 is 0. The van der Waals surface area contributed by atoms with E-state index in [-0.39, 0.29) is 5.91 Å². The normalized spacial score (nSPS) is 10.5. The van der Waals surface area contributed by atoms with Crippen LogP contribution in [0.15, 0.2) is 18.3 Å². The predicted octanol–water partition coefficient (Wildman–Crippen LogP) is 1.75. The molecule has 0 radical (unpaired) electrons. The second-order valence-electron chi connectivity index (χ2n) is 4.29. The molecule has 0 aliphatic rings. The maximum atomic E-state index is 12.3. The summed E-state index contributed by atoms with van der Waals surface area (Å²) in [6.07, 6.45) is 1.63. The van der Waals surface area contributed by atoms with Gasteiger partial charge in [-0.2, -0.15) is 5.10 Å². The molecule has 0 aromatic carbocycles.